The Bertz CT molecular complexity index is 1210. The number of methoxy groups -OCH3 is 1. The highest BCUT2D eigenvalue weighted by molar-refractivity contribution is 5.45. The summed E-state index contributed by atoms with van der Waals surface area (Å²) >= 11 is 0. The van der Waals surface area contributed by atoms with Crippen molar-refractivity contribution in [3.63, 3.8) is 0 Å². The van der Waals surface area contributed by atoms with Gasteiger partial charge in [0, 0.05) is 0 Å². The number of nitrogens with zero attached hydrogens (tertiary/aromatic N) is 1. The molecule has 3 rings (SSSR count). The van der Waals surface area contributed by atoms with E-state index in [4.69, 9.17) is 4.74 Å². The van der Waals surface area contributed by atoms with E-state index in [2.05, 4.69) is 32.9 Å². The normalized spacial score (nSPS) is 13.4. The van der Waals surface area contributed by atoms with Gasteiger partial charge >= 0.3 is 6.18 Å². The average molecular weight is 480 g/mol. The van der Waals surface area contributed by atoms with Crippen molar-refractivity contribution in [2.45, 2.75) is 64.5 Å². The van der Waals surface area contributed by atoms with Gasteiger partial charge in [-0.25, -0.2) is 0 Å². The van der Waals surface area contributed by atoms with E-state index in [0.717, 1.165) is 40.5 Å². The number of ether oxygens (including phenoxy) is 1. The van der Waals surface area contributed by atoms with Gasteiger partial charge in [-0.1, -0.05) is 70.2 Å². The number of hydrogen-bond acceptors (Lipinski definition) is 2. The van der Waals surface area contributed by atoms with Crippen molar-refractivity contribution >= 4 is 0 Å². The first-order valence-electron chi connectivity index (χ1n) is 11.9. The summed E-state index contributed by atoms with van der Waals surface area (Å²) in [6.07, 6.45) is -3.19. The minimum absolute atomic E-state index is 0.0655. The monoisotopic (exact) mass is 479 g/mol. The van der Waals surface area contributed by atoms with Crippen LogP contribution in [-0.4, -0.2) is 7.11 Å². The molecule has 0 heterocycles. The zero-order valence-corrected chi connectivity index (χ0v) is 20.9. The fraction of sp³-hybridized carbons (Fsp3) is 0.367. The summed E-state index contributed by atoms with van der Waals surface area (Å²) in [5, 5.41) is 9.70. The van der Waals surface area contributed by atoms with Crippen molar-refractivity contribution in [2.24, 2.45) is 0 Å². The average Bonchev–Trinajstić information content (AvgIpc) is 2.83. The van der Waals surface area contributed by atoms with E-state index in [-0.39, 0.29) is 11.8 Å². The Kier molecular flexibility index (Phi) is 8.27. The Balaban J connectivity index is 1.87. The van der Waals surface area contributed by atoms with Gasteiger partial charge in [0.2, 0.25) is 0 Å². The maximum atomic E-state index is 13.5. The second-order valence-electron chi connectivity index (χ2n) is 9.56. The van der Waals surface area contributed by atoms with E-state index < -0.39 is 11.7 Å². The van der Waals surface area contributed by atoms with Gasteiger partial charge in [0.1, 0.15) is 5.75 Å². The maximum absolute atomic E-state index is 13.5. The van der Waals surface area contributed by atoms with Crippen molar-refractivity contribution in [2.75, 3.05) is 7.11 Å². The van der Waals surface area contributed by atoms with Gasteiger partial charge in [-0.2, -0.15) is 18.4 Å². The molecule has 5 heteroatoms. The molecule has 184 valence electrons. The fourth-order valence-electron chi connectivity index (χ4n) is 4.72. The number of alkyl halides is 3. The van der Waals surface area contributed by atoms with E-state index >= 15 is 0 Å². The Morgan fingerprint density at radius 3 is 1.94 bits per heavy atom. The molecule has 3 aromatic rings. The molecule has 0 amide bonds. The minimum Gasteiger partial charge on any atom is -0.496 e. The van der Waals surface area contributed by atoms with Crippen LogP contribution in [0.25, 0.3) is 0 Å². The lowest BCUT2D eigenvalue weighted by Gasteiger charge is -2.20. The van der Waals surface area contributed by atoms with Crippen LogP contribution in [0.15, 0.2) is 60.7 Å². The molecule has 0 saturated carbocycles. The molecule has 0 spiro atoms. The third-order valence-electron chi connectivity index (χ3n) is 6.56. The SMILES string of the molecule is COc1ccc(CC(C)c2cc(CC(C)c3ccccc3C(F)(F)F)ccc2C#N)cc1C(C)C. The molecule has 0 saturated heterocycles. The lowest BCUT2D eigenvalue weighted by molar-refractivity contribution is -0.138. The molecule has 35 heavy (non-hydrogen) atoms. The predicted octanol–water partition coefficient (Wildman–Crippen LogP) is 8.40. The number of rotatable bonds is 8. The van der Waals surface area contributed by atoms with Gasteiger partial charge in [0.25, 0.3) is 0 Å². The van der Waals surface area contributed by atoms with E-state index in [1.54, 1.807) is 25.3 Å². The molecular weight excluding hydrogens is 447 g/mol. The maximum Gasteiger partial charge on any atom is 0.416 e. The lowest BCUT2D eigenvalue weighted by atomic mass is 9.85. The highest BCUT2D eigenvalue weighted by Crippen LogP contribution is 2.37. The Morgan fingerprint density at radius 1 is 0.800 bits per heavy atom. The molecule has 3 aromatic carbocycles. The van der Waals surface area contributed by atoms with Crippen LogP contribution in [0.4, 0.5) is 13.2 Å². The Morgan fingerprint density at radius 2 is 1.37 bits per heavy atom. The topological polar surface area (TPSA) is 33.0 Å². The summed E-state index contributed by atoms with van der Waals surface area (Å²) in [5.74, 6) is 0.929. The van der Waals surface area contributed by atoms with E-state index in [1.807, 2.05) is 31.2 Å². The molecule has 0 aromatic heterocycles. The minimum atomic E-state index is -4.39. The van der Waals surface area contributed by atoms with Crippen LogP contribution < -0.4 is 4.74 Å². The van der Waals surface area contributed by atoms with Crippen LogP contribution in [0.3, 0.4) is 0 Å². The first-order chi connectivity index (χ1) is 16.5. The largest absolute Gasteiger partial charge is 0.496 e. The predicted molar refractivity (Wildman–Crippen MR) is 134 cm³/mol. The third-order valence-corrected chi connectivity index (χ3v) is 6.56. The first-order valence-corrected chi connectivity index (χ1v) is 11.9. The highest BCUT2D eigenvalue weighted by Gasteiger charge is 2.34. The molecule has 2 atom stereocenters. The van der Waals surface area contributed by atoms with Crippen LogP contribution >= 0.6 is 0 Å². The lowest BCUT2D eigenvalue weighted by Crippen LogP contribution is -2.12. The van der Waals surface area contributed by atoms with Crippen LogP contribution in [-0.2, 0) is 19.0 Å². The summed E-state index contributed by atoms with van der Waals surface area (Å²) in [6, 6.07) is 19.9. The number of benzene rings is 3. The van der Waals surface area contributed by atoms with Gasteiger partial charge in [0.05, 0.1) is 24.3 Å². The summed E-state index contributed by atoms with van der Waals surface area (Å²) in [4.78, 5) is 0. The second-order valence-corrected chi connectivity index (χ2v) is 9.56. The number of nitriles is 1. The van der Waals surface area contributed by atoms with Crippen LogP contribution in [0, 0.1) is 11.3 Å². The van der Waals surface area contributed by atoms with E-state index in [0.29, 0.717) is 23.5 Å². The van der Waals surface area contributed by atoms with Crippen LogP contribution in [0.5, 0.6) is 5.75 Å². The Labute approximate surface area is 206 Å². The quantitative estimate of drug-likeness (QED) is 0.325. The van der Waals surface area contributed by atoms with Gasteiger partial charge in [-0.15, -0.1) is 0 Å². The van der Waals surface area contributed by atoms with Crippen LogP contribution in [0.1, 0.15) is 84.4 Å². The molecule has 0 radical (unpaired) electrons. The fourth-order valence-corrected chi connectivity index (χ4v) is 4.72. The molecule has 2 nitrogen and oxygen atoms in total. The van der Waals surface area contributed by atoms with Crippen molar-refractivity contribution in [3.05, 3.63) is 99.6 Å². The summed E-state index contributed by atoms with van der Waals surface area (Å²) in [5.41, 5.74) is 4.44. The number of halogens is 3. The number of hydrogen-bond donors (Lipinski definition) is 0. The van der Waals surface area contributed by atoms with E-state index in [1.165, 1.54) is 6.07 Å². The Hall–Kier alpha value is -3.26. The third kappa shape index (κ3) is 6.25. The van der Waals surface area contributed by atoms with Crippen molar-refractivity contribution in [3.8, 4) is 11.8 Å². The van der Waals surface area contributed by atoms with Gasteiger partial charge in [-0.3, -0.25) is 0 Å². The van der Waals surface area contributed by atoms with E-state index in [9.17, 15) is 18.4 Å². The first kappa shape index (κ1) is 26.3. The standard InChI is InChI=1S/C30H32F3NO/c1-19(2)26-16-23(11-13-29(26)35-5)15-21(4)27-17-22(10-12-24(27)18-34)14-20(3)25-8-6-7-9-28(25)30(31,32)33/h6-13,16-17,19-21H,14-15H2,1-5H3. The molecule has 0 N–H and O–H groups in total. The van der Waals surface area contributed by atoms with Crippen molar-refractivity contribution < 1.29 is 17.9 Å². The summed E-state index contributed by atoms with van der Waals surface area (Å²) in [6.45, 7) is 8.15. The van der Waals surface area contributed by atoms with Gasteiger partial charge in [0.15, 0.2) is 0 Å². The van der Waals surface area contributed by atoms with Crippen molar-refractivity contribution in [1.29, 1.82) is 5.26 Å². The molecule has 0 aliphatic heterocycles. The summed E-state index contributed by atoms with van der Waals surface area (Å²) in [7, 11) is 1.67. The summed E-state index contributed by atoms with van der Waals surface area (Å²) < 4.78 is 46.0. The molecule has 0 aliphatic rings. The molecule has 0 aliphatic carbocycles. The second kappa shape index (κ2) is 11.0. The smallest absolute Gasteiger partial charge is 0.416 e. The highest BCUT2D eigenvalue weighted by atomic mass is 19.4. The van der Waals surface area contributed by atoms with Gasteiger partial charge in [-0.05, 0) is 76.6 Å². The van der Waals surface area contributed by atoms with Gasteiger partial charge < -0.3 is 4.74 Å². The van der Waals surface area contributed by atoms with Crippen LogP contribution in [0.2, 0.25) is 0 Å². The van der Waals surface area contributed by atoms with Crippen molar-refractivity contribution in [1.82, 2.24) is 0 Å². The molecule has 0 fully saturated rings. The molecule has 0 bridgehead atoms. The molecular formula is C30H32F3NO. The zero-order valence-electron chi connectivity index (χ0n) is 20.9. The molecule has 2 unspecified atom stereocenters. The zero-order chi connectivity index (χ0) is 25.8.